The van der Waals surface area contributed by atoms with E-state index in [0.717, 1.165) is 11.3 Å². The highest BCUT2D eigenvalue weighted by Gasteiger charge is 2.19. The second-order valence-electron chi connectivity index (χ2n) is 6.46. The topological polar surface area (TPSA) is 41.6 Å². The number of carbonyl (C=O) groups excluding carboxylic acids is 1. The van der Waals surface area contributed by atoms with E-state index in [4.69, 9.17) is 4.74 Å². The van der Waals surface area contributed by atoms with Gasteiger partial charge < -0.3 is 10.1 Å². The standard InChI is InChI=1S/C21H28N2O2/c1-16-10-12-20(13-11-16)25-15-14-23(4)18(3)21(24)22-17(2)19-8-6-5-7-9-19/h5-13,17-18H,14-15H2,1-4H3,(H,22,24). The van der Waals surface area contributed by atoms with Crippen LogP contribution in [0.3, 0.4) is 0 Å². The molecule has 2 atom stereocenters. The summed E-state index contributed by atoms with van der Waals surface area (Å²) in [5.74, 6) is 0.878. The second kappa shape index (κ2) is 9.23. The Morgan fingerprint density at radius 2 is 1.72 bits per heavy atom. The van der Waals surface area contributed by atoms with Crippen LogP contribution < -0.4 is 10.1 Å². The molecule has 0 bridgehead atoms. The number of hydrogen-bond acceptors (Lipinski definition) is 3. The summed E-state index contributed by atoms with van der Waals surface area (Å²) >= 11 is 0. The molecule has 2 aromatic carbocycles. The van der Waals surface area contributed by atoms with Gasteiger partial charge >= 0.3 is 0 Å². The van der Waals surface area contributed by atoms with Gasteiger partial charge in [0.2, 0.25) is 5.91 Å². The van der Waals surface area contributed by atoms with Gasteiger partial charge in [-0.1, -0.05) is 48.0 Å². The maximum absolute atomic E-state index is 12.4. The summed E-state index contributed by atoms with van der Waals surface area (Å²) in [5, 5.41) is 3.07. The van der Waals surface area contributed by atoms with Crippen molar-refractivity contribution >= 4 is 5.91 Å². The molecule has 4 heteroatoms. The van der Waals surface area contributed by atoms with Crippen LogP contribution in [0.2, 0.25) is 0 Å². The highest BCUT2D eigenvalue weighted by molar-refractivity contribution is 5.81. The van der Waals surface area contributed by atoms with Crippen molar-refractivity contribution in [2.24, 2.45) is 0 Å². The molecule has 1 N–H and O–H groups in total. The van der Waals surface area contributed by atoms with E-state index in [2.05, 4.69) is 5.32 Å². The van der Waals surface area contributed by atoms with Crippen molar-refractivity contribution in [1.29, 1.82) is 0 Å². The highest BCUT2D eigenvalue weighted by atomic mass is 16.5. The average molecular weight is 340 g/mol. The molecule has 0 aliphatic carbocycles. The normalized spacial score (nSPS) is 13.3. The number of likely N-dealkylation sites (N-methyl/N-ethyl adjacent to an activating group) is 1. The lowest BCUT2D eigenvalue weighted by molar-refractivity contribution is -0.126. The molecule has 0 radical (unpaired) electrons. The summed E-state index contributed by atoms with van der Waals surface area (Å²) in [6.07, 6.45) is 0. The summed E-state index contributed by atoms with van der Waals surface area (Å²) in [4.78, 5) is 14.4. The molecule has 0 aliphatic heterocycles. The van der Waals surface area contributed by atoms with Crippen molar-refractivity contribution in [2.75, 3.05) is 20.2 Å². The Balaban J connectivity index is 1.77. The van der Waals surface area contributed by atoms with Gasteiger partial charge in [0.1, 0.15) is 12.4 Å². The fraction of sp³-hybridized carbons (Fsp3) is 0.381. The van der Waals surface area contributed by atoms with Crippen LogP contribution >= 0.6 is 0 Å². The molecule has 0 saturated heterocycles. The first-order valence-corrected chi connectivity index (χ1v) is 8.72. The number of ether oxygens (including phenoxy) is 1. The minimum absolute atomic E-state index is 0.00615. The monoisotopic (exact) mass is 340 g/mol. The van der Waals surface area contributed by atoms with E-state index in [9.17, 15) is 4.79 Å². The summed E-state index contributed by atoms with van der Waals surface area (Å²) in [6, 6.07) is 17.7. The van der Waals surface area contributed by atoms with Crippen LogP contribution in [0.15, 0.2) is 54.6 Å². The average Bonchev–Trinajstić information content (AvgIpc) is 2.63. The van der Waals surface area contributed by atoms with Gasteiger partial charge in [-0.2, -0.15) is 0 Å². The Morgan fingerprint density at radius 3 is 2.36 bits per heavy atom. The maximum atomic E-state index is 12.4. The van der Waals surface area contributed by atoms with Crippen LogP contribution in [0.25, 0.3) is 0 Å². The first kappa shape index (κ1) is 19.0. The van der Waals surface area contributed by atoms with Gasteiger partial charge in [0.05, 0.1) is 12.1 Å². The summed E-state index contributed by atoms with van der Waals surface area (Å²) in [5.41, 5.74) is 2.32. The van der Waals surface area contributed by atoms with Crippen LogP contribution in [0.1, 0.15) is 31.0 Å². The van der Waals surface area contributed by atoms with Gasteiger partial charge in [0, 0.05) is 6.54 Å². The summed E-state index contributed by atoms with van der Waals surface area (Å²) < 4.78 is 5.74. The fourth-order valence-corrected chi connectivity index (χ4v) is 2.49. The number of nitrogens with one attached hydrogen (secondary N) is 1. The molecule has 0 spiro atoms. The summed E-state index contributed by atoms with van der Waals surface area (Å²) in [6.45, 7) is 7.20. The number of benzene rings is 2. The molecular weight excluding hydrogens is 312 g/mol. The summed E-state index contributed by atoms with van der Waals surface area (Å²) in [7, 11) is 1.94. The molecule has 1 amide bonds. The zero-order valence-electron chi connectivity index (χ0n) is 15.5. The minimum Gasteiger partial charge on any atom is -0.492 e. The molecule has 4 nitrogen and oxygen atoms in total. The van der Waals surface area contributed by atoms with E-state index in [0.29, 0.717) is 13.2 Å². The predicted molar refractivity (Wildman–Crippen MR) is 102 cm³/mol. The van der Waals surface area contributed by atoms with Gasteiger partial charge in [0.25, 0.3) is 0 Å². The zero-order valence-corrected chi connectivity index (χ0v) is 15.5. The van der Waals surface area contributed by atoms with Gasteiger partial charge in [-0.3, -0.25) is 9.69 Å². The Morgan fingerprint density at radius 1 is 1.08 bits per heavy atom. The lowest BCUT2D eigenvalue weighted by Crippen LogP contribution is -2.45. The largest absolute Gasteiger partial charge is 0.492 e. The molecule has 2 unspecified atom stereocenters. The van der Waals surface area contributed by atoms with Crippen molar-refractivity contribution in [1.82, 2.24) is 10.2 Å². The van der Waals surface area contributed by atoms with Crippen molar-refractivity contribution in [3.63, 3.8) is 0 Å². The third-order valence-electron chi connectivity index (χ3n) is 4.43. The van der Waals surface area contributed by atoms with Crippen LogP contribution in [0.5, 0.6) is 5.75 Å². The molecule has 0 fully saturated rings. The Labute approximate surface area is 150 Å². The number of rotatable bonds is 8. The lowest BCUT2D eigenvalue weighted by atomic mass is 10.1. The molecule has 2 rings (SSSR count). The number of nitrogens with zero attached hydrogens (tertiary/aromatic N) is 1. The number of amides is 1. The number of carbonyl (C=O) groups is 1. The quantitative estimate of drug-likeness (QED) is 0.799. The van der Waals surface area contributed by atoms with Crippen molar-refractivity contribution in [3.05, 3.63) is 65.7 Å². The second-order valence-corrected chi connectivity index (χ2v) is 6.46. The Kier molecular flexibility index (Phi) is 7.02. The fourth-order valence-electron chi connectivity index (χ4n) is 2.49. The molecule has 2 aromatic rings. The van der Waals surface area contributed by atoms with Crippen molar-refractivity contribution in [2.45, 2.75) is 32.9 Å². The lowest BCUT2D eigenvalue weighted by Gasteiger charge is -2.25. The molecule has 134 valence electrons. The van der Waals surface area contributed by atoms with Crippen LogP contribution in [-0.4, -0.2) is 37.0 Å². The molecular formula is C21H28N2O2. The van der Waals surface area contributed by atoms with E-state index < -0.39 is 0 Å². The molecule has 0 aliphatic rings. The van der Waals surface area contributed by atoms with E-state index in [-0.39, 0.29) is 18.0 Å². The molecule has 25 heavy (non-hydrogen) atoms. The molecule has 0 heterocycles. The van der Waals surface area contributed by atoms with E-state index >= 15 is 0 Å². The Bertz CT molecular complexity index is 655. The third-order valence-corrected chi connectivity index (χ3v) is 4.43. The smallest absolute Gasteiger partial charge is 0.237 e. The van der Waals surface area contributed by atoms with Crippen LogP contribution in [0.4, 0.5) is 0 Å². The number of hydrogen-bond donors (Lipinski definition) is 1. The first-order chi connectivity index (χ1) is 12.0. The molecule has 0 aromatic heterocycles. The van der Waals surface area contributed by atoms with E-state index in [1.54, 1.807) is 0 Å². The van der Waals surface area contributed by atoms with Gasteiger partial charge in [-0.15, -0.1) is 0 Å². The van der Waals surface area contributed by atoms with E-state index in [1.165, 1.54) is 5.56 Å². The molecule has 0 saturated carbocycles. The van der Waals surface area contributed by atoms with Gasteiger partial charge in [-0.05, 0) is 45.5 Å². The van der Waals surface area contributed by atoms with Gasteiger partial charge in [-0.25, -0.2) is 0 Å². The van der Waals surface area contributed by atoms with Crippen LogP contribution in [0, 0.1) is 6.92 Å². The highest BCUT2D eigenvalue weighted by Crippen LogP contribution is 2.13. The SMILES string of the molecule is Cc1ccc(OCCN(C)C(C)C(=O)NC(C)c2ccccc2)cc1. The van der Waals surface area contributed by atoms with Crippen LogP contribution in [-0.2, 0) is 4.79 Å². The number of aryl methyl sites for hydroxylation is 1. The predicted octanol–water partition coefficient (Wildman–Crippen LogP) is 3.57. The first-order valence-electron chi connectivity index (χ1n) is 8.72. The van der Waals surface area contributed by atoms with E-state index in [1.807, 2.05) is 87.3 Å². The van der Waals surface area contributed by atoms with Gasteiger partial charge in [0.15, 0.2) is 0 Å². The maximum Gasteiger partial charge on any atom is 0.237 e. The van der Waals surface area contributed by atoms with Crippen molar-refractivity contribution in [3.8, 4) is 5.75 Å². The van der Waals surface area contributed by atoms with Crippen molar-refractivity contribution < 1.29 is 9.53 Å². The zero-order chi connectivity index (χ0) is 18.2. The minimum atomic E-state index is -0.215. The Hall–Kier alpha value is -2.33. The third kappa shape index (κ3) is 5.91.